The molecule has 0 saturated carbocycles. The SMILES string of the molecule is O=C=NCCCCCCn1cccc1. The van der Waals surface area contributed by atoms with Crippen molar-refractivity contribution in [3.05, 3.63) is 24.5 Å². The van der Waals surface area contributed by atoms with Crippen molar-refractivity contribution in [2.75, 3.05) is 6.54 Å². The second-order valence-corrected chi connectivity index (χ2v) is 3.31. The fourth-order valence-corrected chi connectivity index (χ4v) is 1.40. The van der Waals surface area contributed by atoms with E-state index in [1.807, 2.05) is 12.1 Å². The zero-order valence-corrected chi connectivity index (χ0v) is 8.35. The van der Waals surface area contributed by atoms with Gasteiger partial charge in [-0.1, -0.05) is 12.8 Å². The minimum Gasteiger partial charge on any atom is -0.354 e. The molecule has 0 radical (unpaired) electrons. The van der Waals surface area contributed by atoms with Crippen molar-refractivity contribution < 1.29 is 4.79 Å². The van der Waals surface area contributed by atoms with Gasteiger partial charge in [-0.3, -0.25) is 0 Å². The van der Waals surface area contributed by atoms with E-state index in [1.54, 1.807) is 6.08 Å². The fourth-order valence-electron chi connectivity index (χ4n) is 1.40. The van der Waals surface area contributed by atoms with Crippen molar-refractivity contribution in [2.45, 2.75) is 32.2 Å². The van der Waals surface area contributed by atoms with Crippen LogP contribution in [-0.4, -0.2) is 17.2 Å². The average Bonchev–Trinajstić information content (AvgIpc) is 2.69. The number of hydrogen-bond donors (Lipinski definition) is 0. The van der Waals surface area contributed by atoms with Crippen molar-refractivity contribution in [3.8, 4) is 0 Å². The smallest absolute Gasteiger partial charge is 0.234 e. The zero-order valence-electron chi connectivity index (χ0n) is 8.35. The molecule has 1 aromatic rings. The molecular weight excluding hydrogens is 176 g/mol. The van der Waals surface area contributed by atoms with Gasteiger partial charge in [-0.25, -0.2) is 9.79 Å². The molecule has 0 aliphatic rings. The maximum Gasteiger partial charge on any atom is 0.234 e. The van der Waals surface area contributed by atoms with Crippen molar-refractivity contribution in [1.82, 2.24) is 4.57 Å². The number of unbranched alkanes of at least 4 members (excludes halogenated alkanes) is 3. The van der Waals surface area contributed by atoms with E-state index in [1.165, 1.54) is 12.8 Å². The van der Waals surface area contributed by atoms with Crippen LogP contribution >= 0.6 is 0 Å². The van der Waals surface area contributed by atoms with Crippen LogP contribution in [-0.2, 0) is 11.3 Å². The summed E-state index contributed by atoms with van der Waals surface area (Å²) in [6, 6.07) is 4.08. The summed E-state index contributed by atoms with van der Waals surface area (Å²) in [6.45, 7) is 1.72. The summed E-state index contributed by atoms with van der Waals surface area (Å²) in [5.41, 5.74) is 0. The summed E-state index contributed by atoms with van der Waals surface area (Å²) in [4.78, 5) is 13.3. The number of aryl methyl sites for hydroxylation is 1. The standard InChI is InChI=1S/C11H16N2O/c14-11-12-7-3-1-2-4-8-13-9-5-6-10-13/h5-6,9-10H,1-4,7-8H2. The predicted octanol–water partition coefficient (Wildman–Crippen LogP) is 2.38. The summed E-state index contributed by atoms with van der Waals surface area (Å²) in [7, 11) is 0. The Morgan fingerprint density at radius 2 is 1.79 bits per heavy atom. The third-order valence-corrected chi connectivity index (χ3v) is 2.17. The van der Waals surface area contributed by atoms with Crippen LogP contribution in [0, 0.1) is 0 Å². The molecular formula is C11H16N2O. The van der Waals surface area contributed by atoms with E-state index in [4.69, 9.17) is 0 Å². The third-order valence-electron chi connectivity index (χ3n) is 2.17. The topological polar surface area (TPSA) is 34.4 Å². The zero-order chi connectivity index (χ0) is 10.1. The van der Waals surface area contributed by atoms with E-state index in [-0.39, 0.29) is 0 Å². The number of aromatic nitrogens is 1. The van der Waals surface area contributed by atoms with Crippen molar-refractivity contribution in [3.63, 3.8) is 0 Å². The van der Waals surface area contributed by atoms with Crippen LogP contribution in [0.15, 0.2) is 29.5 Å². The number of aliphatic imine (C=N–C) groups is 1. The van der Waals surface area contributed by atoms with Crippen molar-refractivity contribution in [1.29, 1.82) is 0 Å². The van der Waals surface area contributed by atoms with Crippen LogP contribution in [0.25, 0.3) is 0 Å². The average molecular weight is 192 g/mol. The molecule has 1 rings (SSSR count). The lowest BCUT2D eigenvalue weighted by Crippen LogP contribution is -1.93. The van der Waals surface area contributed by atoms with Gasteiger partial charge >= 0.3 is 0 Å². The molecule has 0 aliphatic carbocycles. The summed E-state index contributed by atoms with van der Waals surface area (Å²) in [5, 5.41) is 0. The Morgan fingerprint density at radius 3 is 2.50 bits per heavy atom. The highest BCUT2D eigenvalue weighted by atomic mass is 16.1. The number of carbonyl (C=O) groups excluding carboxylic acids is 1. The van der Waals surface area contributed by atoms with Crippen LogP contribution in [0.4, 0.5) is 0 Å². The molecule has 1 aromatic heterocycles. The molecule has 76 valence electrons. The first-order valence-electron chi connectivity index (χ1n) is 5.08. The Labute approximate surface area is 84.5 Å². The molecule has 0 unspecified atom stereocenters. The van der Waals surface area contributed by atoms with Gasteiger partial charge in [0.15, 0.2) is 0 Å². The molecule has 3 heteroatoms. The second kappa shape index (κ2) is 7.10. The van der Waals surface area contributed by atoms with Gasteiger partial charge in [0.25, 0.3) is 0 Å². The first kappa shape index (κ1) is 10.7. The van der Waals surface area contributed by atoms with Gasteiger partial charge in [0.2, 0.25) is 6.08 Å². The summed E-state index contributed by atoms with van der Waals surface area (Å²) in [5.74, 6) is 0. The van der Waals surface area contributed by atoms with E-state index < -0.39 is 0 Å². The Balaban J connectivity index is 1.92. The first-order valence-corrected chi connectivity index (χ1v) is 5.08. The molecule has 0 atom stereocenters. The van der Waals surface area contributed by atoms with Crippen LogP contribution in [0.5, 0.6) is 0 Å². The van der Waals surface area contributed by atoms with E-state index in [0.29, 0.717) is 6.54 Å². The number of hydrogen-bond acceptors (Lipinski definition) is 2. The maximum absolute atomic E-state index is 9.75. The summed E-state index contributed by atoms with van der Waals surface area (Å²) in [6.07, 6.45) is 10.3. The van der Waals surface area contributed by atoms with Gasteiger partial charge in [-0.15, -0.1) is 0 Å². The minimum atomic E-state index is 0.632. The van der Waals surface area contributed by atoms with E-state index in [0.717, 1.165) is 19.4 Å². The minimum absolute atomic E-state index is 0.632. The molecule has 0 bridgehead atoms. The Hall–Kier alpha value is -1.34. The van der Waals surface area contributed by atoms with E-state index in [2.05, 4.69) is 22.0 Å². The molecule has 0 N–H and O–H groups in total. The highest BCUT2D eigenvalue weighted by Gasteiger charge is 1.90. The molecule has 0 aliphatic heterocycles. The Bertz CT molecular complexity index is 273. The van der Waals surface area contributed by atoms with Gasteiger partial charge in [0.1, 0.15) is 0 Å². The molecule has 1 heterocycles. The quantitative estimate of drug-likeness (QED) is 0.371. The number of isocyanates is 1. The van der Waals surface area contributed by atoms with Crippen LogP contribution in [0.3, 0.4) is 0 Å². The molecule has 0 amide bonds. The van der Waals surface area contributed by atoms with Crippen LogP contribution in [0.2, 0.25) is 0 Å². The lowest BCUT2D eigenvalue weighted by atomic mass is 10.2. The Morgan fingerprint density at radius 1 is 1.07 bits per heavy atom. The highest BCUT2D eigenvalue weighted by Crippen LogP contribution is 2.02. The molecule has 0 spiro atoms. The van der Waals surface area contributed by atoms with E-state index >= 15 is 0 Å². The maximum atomic E-state index is 9.75. The first-order chi connectivity index (χ1) is 6.93. The van der Waals surface area contributed by atoms with Crippen LogP contribution < -0.4 is 0 Å². The predicted molar refractivity (Wildman–Crippen MR) is 55.9 cm³/mol. The third kappa shape index (κ3) is 4.63. The van der Waals surface area contributed by atoms with Gasteiger partial charge in [-0.05, 0) is 25.0 Å². The molecule has 14 heavy (non-hydrogen) atoms. The summed E-state index contributed by atoms with van der Waals surface area (Å²) >= 11 is 0. The molecule has 3 nitrogen and oxygen atoms in total. The van der Waals surface area contributed by atoms with Gasteiger partial charge in [0.05, 0.1) is 6.54 Å². The van der Waals surface area contributed by atoms with Gasteiger partial charge < -0.3 is 4.57 Å². The largest absolute Gasteiger partial charge is 0.354 e. The lowest BCUT2D eigenvalue weighted by molar-refractivity contribution is 0.557. The number of nitrogens with zero attached hydrogens (tertiary/aromatic N) is 2. The lowest BCUT2D eigenvalue weighted by Gasteiger charge is -2.01. The Kier molecular flexibility index (Phi) is 5.45. The monoisotopic (exact) mass is 192 g/mol. The highest BCUT2D eigenvalue weighted by molar-refractivity contribution is 5.32. The fraction of sp³-hybridized carbons (Fsp3) is 0.545. The molecule has 0 aromatic carbocycles. The van der Waals surface area contributed by atoms with Crippen molar-refractivity contribution >= 4 is 6.08 Å². The van der Waals surface area contributed by atoms with Crippen molar-refractivity contribution in [2.24, 2.45) is 4.99 Å². The molecule has 0 fully saturated rings. The summed E-state index contributed by atoms with van der Waals surface area (Å²) < 4.78 is 2.18. The normalized spacial score (nSPS) is 9.71. The van der Waals surface area contributed by atoms with Gasteiger partial charge in [-0.2, -0.15) is 0 Å². The number of rotatable bonds is 7. The van der Waals surface area contributed by atoms with Gasteiger partial charge in [0, 0.05) is 18.9 Å². The van der Waals surface area contributed by atoms with E-state index in [9.17, 15) is 4.79 Å². The van der Waals surface area contributed by atoms with Crippen LogP contribution in [0.1, 0.15) is 25.7 Å². The second-order valence-electron chi connectivity index (χ2n) is 3.31. The molecule has 0 saturated heterocycles.